The van der Waals surface area contributed by atoms with Gasteiger partial charge in [-0.3, -0.25) is 38.4 Å². The van der Waals surface area contributed by atoms with Gasteiger partial charge in [-0.2, -0.15) is 13.2 Å². The number of aliphatic carboxylic acids is 2. The minimum Gasteiger partial charge on any atom is -0.508 e. The number of rotatable bonds is 35. The van der Waals surface area contributed by atoms with E-state index in [2.05, 4.69) is 26.6 Å². The number of aromatic hydroxyl groups is 1. The standard InChI is InChI=1S/C77H100N6O14.C5H10.C2HF3O2.2CH3.Ru/c1-12-50(5)68(81-71(91)60(79-74(95)97-76(9,10)11)43-52-36-39-59(84)40-37-52)65(87)45-53(13-2)69(89)80-67(49(3)4)64(86)46-54(38-41-66(88)82-77(56-29-20-15-21-30-56,57-31-22-16-23-32-57)58-33-24-17-25-34-58)72(92)83-42-26-35-62(83)63(85)47-55(48-96-75(6,7)8)70(90)78-61(73(93)94)44-51-27-18-14-19-28-51;1-2-4-5-3-1;3-2(4,5)1(6)7;;;/h14-25,27-34,36-37,39-40,49-50,53-55,60-62,67-68,84H,12-13,26,35,38,41-48H2,1-11H3,(H,78,90)(H,79,95)(H,80,89)(H,81,91)(H,82,88)(H,93,94);1-5H2;(H,6,7);2*1H3;/q;;;2*-1;+3/t50-,53+,54+,55-,60?,61-,62-,67-,68-;;;;;/m0...../s1. The SMILES string of the molecule is C1CCCC1.CC[C@H](CC(=O)[C@@H](NC(=O)C(Cc1ccc(O)cc1)NC(=O)OC(C)(C)C)[C@@H](C)CC)C(=O)N[C@H](C(=O)C[C@@H](CCC(=O)NC(c1ccccc1)(c1ccccc1)c1ccccc1)C(=O)N1CCC[C@H]1C(=O)C[C@@H](COC(C)(C)C)C(=O)N[C@@H](Cc1ccccc1)C(=O)O)C(C)C.O=C(O)C(F)(F)F.[CH3-].[CH3-].[Ru+3]. The number of carboxylic acid groups (broad SMARTS) is 2. The van der Waals surface area contributed by atoms with Crippen LogP contribution in [0.1, 0.15) is 194 Å². The Hall–Kier alpha value is -9.16. The van der Waals surface area contributed by atoms with Crippen LogP contribution in [0.3, 0.4) is 0 Å². The fourth-order valence-electron chi connectivity index (χ4n) is 13.1. The number of alkyl carbamates (subject to hydrolysis) is 1. The van der Waals surface area contributed by atoms with Crippen LogP contribution in [-0.4, -0.2) is 146 Å². The van der Waals surface area contributed by atoms with Crippen molar-refractivity contribution in [1.82, 2.24) is 31.5 Å². The molecule has 26 heteroatoms. The smallest absolute Gasteiger partial charge is 0.508 e. The summed E-state index contributed by atoms with van der Waals surface area (Å²) in [4.78, 5) is 154. The average molecular weight is 1650 g/mol. The number of nitrogens with one attached hydrogen (secondary N) is 5. The molecule has 7 rings (SSSR count). The van der Waals surface area contributed by atoms with Crippen LogP contribution in [0.5, 0.6) is 5.75 Å². The Bertz CT molecular complexity index is 3680. The number of Topliss-reactive ketones (excluding diaryl/α,β-unsaturated/α-hetero) is 3. The summed E-state index contributed by atoms with van der Waals surface area (Å²) in [5.41, 5.74) is 0.643. The van der Waals surface area contributed by atoms with E-state index in [9.17, 15) is 61.7 Å². The van der Waals surface area contributed by atoms with Gasteiger partial charge < -0.3 is 71.1 Å². The molecule has 1 saturated carbocycles. The van der Waals surface area contributed by atoms with Gasteiger partial charge in [0.25, 0.3) is 0 Å². The summed E-state index contributed by atoms with van der Waals surface area (Å²) in [5, 5.41) is 41.7. The monoisotopic (exact) mass is 1650 g/mol. The molecular formula is C86H117F3N6O16Ru+. The van der Waals surface area contributed by atoms with Gasteiger partial charge in [0.05, 0.1) is 36.3 Å². The summed E-state index contributed by atoms with van der Waals surface area (Å²) in [7, 11) is 0. The zero-order chi connectivity index (χ0) is 80.8. The van der Waals surface area contributed by atoms with Crippen molar-refractivity contribution in [3.05, 3.63) is 188 Å². The summed E-state index contributed by atoms with van der Waals surface area (Å²) in [6.45, 7) is 19.1. The largest absolute Gasteiger partial charge is 3.00 e. The predicted octanol–water partition coefficient (Wildman–Crippen LogP) is 13.6. The number of benzene rings is 5. The van der Waals surface area contributed by atoms with Crippen LogP contribution in [-0.2, 0) is 95.3 Å². The van der Waals surface area contributed by atoms with Crippen LogP contribution in [0.4, 0.5) is 18.0 Å². The number of halogens is 3. The second kappa shape index (κ2) is 47.4. The number of nitrogens with zero attached hydrogens (tertiary/aromatic N) is 1. The van der Waals surface area contributed by atoms with E-state index in [4.69, 9.17) is 19.4 Å². The maximum Gasteiger partial charge on any atom is 3.00 e. The van der Waals surface area contributed by atoms with E-state index >= 15 is 9.59 Å². The van der Waals surface area contributed by atoms with E-state index in [0.717, 1.165) is 16.7 Å². The number of carbonyl (C=O) groups is 11. The van der Waals surface area contributed by atoms with Crippen LogP contribution < -0.4 is 26.6 Å². The Morgan fingerprint density at radius 3 is 1.43 bits per heavy atom. The molecule has 0 spiro atoms. The van der Waals surface area contributed by atoms with Crippen LogP contribution in [0.2, 0.25) is 0 Å². The molecule has 1 unspecified atom stereocenters. The fraction of sp³-hybridized carbons (Fsp3) is 0.500. The van der Waals surface area contributed by atoms with Gasteiger partial charge in [-0.1, -0.05) is 207 Å². The van der Waals surface area contributed by atoms with Gasteiger partial charge in [0.1, 0.15) is 29.0 Å². The van der Waals surface area contributed by atoms with Crippen molar-refractivity contribution in [2.75, 3.05) is 13.2 Å². The van der Waals surface area contributed by atoms with Crippen LogP contribution in [0, 0.1) is 44.4 Å². The number of phenols is 1. The zero-order valence-corrected chi connectivity index (χ0v) is 68.7. The van der Waals surface area contributed by atoms with Crippen LogP contribution in [0.15, 0.2) is 146 Å². The molecule has 9 atom stereocenters. The van der Waals surface area contributed by atoms with Crippen molar-refractivity contribution < 1.29 is 110 Å². The van der Waals surface area contributed by atoms with Crippen molar-refractivity contribution in [2.24, 2.45) is 29.6 Å². The molecule has 615 valence electrons. The number of ketones is 3. The first-order chi connectivity index (χ1) is 51.4. The molecule has 22 nitrogen and oxygen atoms in total. The number of hydrogen-bond donors (Lipinski definition) is 8. The maximum absolute atomic E-state index is 15.5. The van der Waals surface area contributed by atoms with Crippen molar-refractivity contribution in [3.8, 4) is 5.75 Å². The number of ether oxygens (including phenoxy) is 2. The molecule has 1 heterocycles. The number of likely N-dealkylation sites (tertiary alicyclic amines) is 1. The quantitative estimate of drug-likeness (QED) is 0.0106. The first-order valence-corrected chi connectivity index (χ1v) is 37.6. The first kappa shape index (κ1) is 98.9. The summed E-state index contributed by atoms with van der Waals surface area (Å²) in [6, 6.07) is 37.4. The number of amides is 6. The Balaban J connectivity index is 0.00000260. The van der Waals surface area contributed by atoms with Gasteiger partial charge in [-0.25, -0.2) is 14.4 Å². The summed E-state index contributed by atoms with van der Waals surface area (Å²) in [6.07, 6.45) is 1.02. The molecule has 2 fully saturated rings. The van der Waals surface area contributed by atoms with Gasteiger partial charge >= 0.3 is 43.7 Å². The van der Waals surface area contributed by atoms with E-state index in [-0.39, 0.29) is 98.2 Å². The van der Waals surface area contributed by atoms with Crippen LogP contribution >= 0.6 is 0 Å². The molecule has 1 saturated heterocycles. The van der Waals surface area contributed by atoms with Crippen LogP contribution in [0.25, 0.3) is 0 Å². The third-order valence-corrected chi connectivity index (χ3v) is 19.2. The Kier molecular flexibility index (Phi) is 41.8. The molecule has 0 aromatic heterocycles. The second-order valence-electron chi connectivity index (χ2n) is 30.4. The third kappa shape index (κ3) is 32.1. The van der Waals surface area contributed by atoms with Crippen molar-refractivity contribution in [1.29, 1.82) is 0 Å². The fourth-order valence-corrected chi connectivity index (χ4v) is 13.1. The number of phenolic OH excluding ortho intramolecular Hbond substituents is 1. The molecule has 2 aliphatic rings. The van der Waals surface area contributed by atoms with Gasteiger partial charge in [0, 0.05) is 56.9 Å². The average Bonchev–Trinajstić information content (AvgIpc) is 0.811. The molecule has 1 aliphatic carbocycles. The molecule has 112 heavy (non-hydrogen) atoms. The Morgan fingerprint density at radius 1 is 0.536 bits per heavy atom. The number of carbonyl (C=O) groups excluding carboxylic acids is 9. The van der Waals surface area contributed by atoms with Gasteiger partial charge in [-0.05, 0) is 119 Å². The Labute approximate surface area is 671 Å². The Morgan fingerprint density at radius 2 is 0.982 bits per heavy atom. The van der Waals surface area contributed by atoms with Gasteiger partial charge in [-0.15, -0.1) is 0 Å². The van der Waals surface area contributed by atoms with Crippen molar-refractivity contribution in [3.63, 3.8) is 0 Å². The summed E-state index contributed by atoms with van der Waals surface area (Å²) in [5.74, 6) is -13.0. The van der Waals surface area contributed by atoms with E-state index in [1.54, 1.807) is 112 Å². The van der Waals surface area contributed by atoms with Gasteiger partial charge in [0.15, 0.2) is 17.3 Å². The molecule has 5 aromatic carbocycles. The minimum atomic E-state index is -5.08. The normalized spacial score (nSPS) is 15.5. The van der Waals surface area contributed by atoms with Gasteiger partial charge in [0.2, 0.25) is 29.5 Å². The topological polar surface area (TPSA) is 330 Å². The van der Waals surface area contributed by atoms with E-state index in [0.29, 0.717) is 24.0 Å². The van der Waals surface area contributed by atoms with E-state index in [1.165, 1.54) is 49.1 Å². The first-order valence-electron chi connectivity index (χ1n) is 37.6. The molecule has 8 N–H and O–H groups in total. The molecule has 0 bridgehead atoms. The number of alkyl halides is 3. The van der Waals surface area contributed by atoms with Crippen molar-refractivity contribution >= 4 is 64.9 Å². The molecule has 1 aliphatic heterocycles. The summed E-state index contributed by atoms with van der Waals surface area (Å²) >= 11 is 0. The maximum atomic E-state index is 15.5. The second-order valence-corrected chi connectivity index (χ2v) is 30.4. The van der Waals surface area contributed by atoms with E-state index < -0.39 is 160 Å². The minimum absolute atomic E-state index is 0. The number of carboxylic acids is 2. The van der Waals surface area contributed by atoms with E-state index in [1.807, 2.05) is 97.9 Å². The zero-order valence-electron chi connectivity index (χ0n) is 66.9. The van der Waals surface area contributed by atoms with Crippen molar-refractivity contribution in [2.45, 2.75) is 232 Å². The molecule has 1 radical (unpaired) electrons. The molecule has 6 amide bonds. The summed E-state index contributed by atoms with van der Waals surface area (Å²) < 4.78 is 43.3. The molecule has 5 aromatic rings. The predicted molar refractivity (Wildman–Crippen MR) is 419 cm³/mol. The number of hydrogen-bond acceptors (Lipinski definition) is 14. The molecular weight excluding hydrogens is 1530 g/mol. The third-order valence-electron chi connectivity index (χ3n) is 19.2.